The fraction of sp³-hybridized carbons (Fsp3) is 0.467. The minimum Gasteiger partial charge on any atom is -0.390 e. The number of rotatable bonds is 7. The van der Waals surface area contributed by atoms with E-state index in [0.717, 1.165) is 29.2 Å². The predicted molar refractivity (Wildman–Crippen MR) is 79.7 cm³/mol. The third-order valence-electron chi connectivity index (χ3n) is 3.33. The molecule has 2 aromatic rings. The van der Waals surface area contributed by atoms with E-state index in [2.05, 4.69) is 17.2 Å². The SMILES string of the molecule is CCCCCn1nnc(CO)c1Cc1ccc(Cl)cc1. The standard InChI is InChI=1S/C15H20ClN3O/c1-2-3-4-9-19-15(14(11-20)17-18-19)10-12-5-7-13(16)8-6-12/h5-8,20H,2-4,9-11H2,1H3. The number of halogens is 1. The number of benzene rings is 1. The zero-order valence-electron chi connectivity index (χ0n) is 11.7. The Balaban J connectivity index is 2.15. The first kappa shape index (κ1) is 15.0. The number of hydrogen-bond acceptors (Lipinski definition) is 3. The molecule has 108 valence electrons. The summed E-state index contributed by atoms with van der Waals surface area (Å²) in [6.45, 7) is 2.95. The number of aliphatic hydroxyl groups excluding tert-OH is 1. The highest BCUT2D eigenvalue weighted by atomic mass is 35.5. The van der Waals surface area contributed by atoms with Crippen LogP contribution >= 0.6 is 11.6 Å². The van der Waals surface area contributed by atoms with Gasteiger partial charge in [-0.1, -0.05) is 48.7 Å². The summed E-state index contributed by atoms with van der Waals surface area (Å²) in [6, 6.07) is 7.74. The topological polar surface area (TPSA) is 50.9 Å². The Bertz CT molecular complexity index is 537. The van der Waals surface area contributed by atoms with Crippen LogP contribution in [0.15, 0.2) is 24.3 Å². The second-order valence-corrected chi connectivity index (χ2v) is 5.31. The first-order valence-corrected chi connectivity index (χ1v) is 7.39. The summed E-state index contributed by atoms with van der Waals surface area (Å²) >= 11 is 5.90. The van der Waals surface area contributed by atoms with Crippen molar-refractivity contribution in [3.05, 3.63) is 46.2 Å². The number of hydrogen-bond donors (Lipinski definition) is 1. The van der Waals surface area contributed by atoms with Crippen molar-refractivity contribution in [1.82, 2.24) is 15.0 Å². The Kier molecular flexibility index (Phi) is 5.56. The Morgan fingerprint density at radius 1 is 1.20 bits per heavy atom. The van der Waals surface area contributed by atoms with E-state index in [0.29, 0.717) is 12.1 Å². The molecule has 0 radical (unpaired) electrons. The number of nitrogens with zero attached hydrogens (tertiary/aromatic N) is 3. The normalized spacial score (nSPS) is 10.9. The lowest BCUT2D eigenvalue weighted by atomic mass is 10.1. The van der Waals surface area contributed by atoms with E-state index in [4.69, 9.17) is 11.6 Å². The van der Waals surface area contributed by atoms with Crippen molar-refractivity contribution in [3.63, 3.8) is 0 Å². The molecule has 0 atom stereocenters. The molecule has 1 aromatic heterocycles. The van der Waals surface area contributed by atoms with E-state index < -0.39 is 0 Å². The van der Waals surface area contributed by atoms with Gasteiger partial charge in [0.05, 0.1) is 12.3 Å². The average Bonchev–Trinajstić information content (AvgIpc) is 2.84. The maximum Gasteiger partial charge on any atom is 0.112 e. The van der Waals surface area contributed by atoms with Crippen LogP contribution in [0.5, 0.6) is 0 Å². The molecule has 5 heteroatoms. The van der Waals surface area contributed by atoms with Crippen LogP contribution in [-0.2, 0) is 19.6 Å². The lowest BCUT2D eigenvalue weighted by molar-refractivity contribution is 0.275. The maximum absolute atomic E-state index is 9.39. The van der Waals surface area contributed by atoms with E-state index in [1.54, 1.807) is 0 Å². The van der Waals surface area contributed by atoms with Crippen LogP contribution in [0.2, 0.25) is 5.02 Å². The highest BCUT2D eigenvalue weighted by molar-refractivity contribution is 6.30. The van der Waals surface area contributed by atoms with Crippen LogP contribution in [0.3, 0.4) is 0 Å². The average molecular weight is 294 g/mol. The van der Waals surface area contributed by atoms with Gasteiger partial charge in [0.25, 0.3) is 0 Å². The molecule has 0 saturated heterocycles. The van der Waals surface area contributed by atoms with Crippen LogP contribution < -0.4 is 0 Å². The van der Waals surface area contributed by atoms with Crippen molar-refractivity contribution in [2.24, 2.45) is 0 Å². The summed E-state index contributed by atoms with van der Waals surface area (Å²) < 4.78 is 1.91. The highest BCUT2D eigenvalue weighted by Crippen LogP contribution is 2.16. The van der Waals surface area contributed by atoms with Crippen molar-refractivity contribution in [1.29, 1.82) is 0 Å². The van der Waals surface area contributed by atoms with Crippen molar-refractivity contribution in [3.8, 4) is 0 Å². The maximum atomic E-state index is 9.39. The van der Waals surface area contributed by atoms with Gasteiger partial charge in [-0.3, -0.25) is 0 Å². The minimum atomic E-state index is -0.0727. The zero-order valence-corrected chi connectivity index (χ0v) is 12.5. The molecule has 0 amide bonds. The summed E-state index contributed by atoms with van der Waals surface area (Å²) in [5, 5.41) is 18.3. The van der Waals surface area contributed by atoms with E-state index in [9.17, 15) is 5.11 Å². The Morgan fingerprint density at radius 3 is 2.60 bits per heavy atom. The molecule has 20 heavy (non-hydrogen) atoms. The number of aromatic nitrogens is 3. The van der Waals surface area contributed by atoms with Crippen LogP contribution in [0.1, 0.15) is 43.1 Å². The summed E-state index contributed by atoms with van der Waals surface area (Å²) in [6.07, 6.45) is 4.15. The van der Waals surface area contributed by atoms with Gasteiger partial charge in [-0.15, -0.1) is 5.10 Å². The fourth-order valence-corrected chi connectivity index (χ4v) is 2.30. The van der Waals surface area contributed by atoms with Crippen LogP contribution in [0.25, 0.3) is 0 Å². The van der Waals surface area contributed by atoms with Gasteiger partial charge in [0.1, 0.15) is 5.69 Å². The van der Waals surface area contributed by atoms with E-state index in [1.807, 2.05) is 28.9 Å². The lowest BCUT2D eigenvalue weighted by Crippen LogP contribution is -2.07. The molecule has 0 aliphatic carbocycles. The molecule has 0 spiro atoms. The molecular formula is C15H20ClN3O. The molecule has 1 aromatic carbocycles. The van der Waals surface area contributed by atoms with Gasteiger partial charge in [0.15, 0.2) is 0 Å². The molecule has 4 nitrogen and oxygen atoms in total. The van der Waals surface area contributed by atoms with Crippen LogP contribution in [-0.4, -0.2) is 20.1 Å². The predicted octanol–water partition coefficient (Wildman–Crippen LogP) is 3.20. The van der Waals surface area contributed by atoms with Gasteiger partial charge < -0.3 is 5.11 Å². The van der Waals surface area contributed by atoms with Crippen molar-refractivity contribution >= 4 is 11.6 Å². The van der Waals surface area contributed by atoms with Gasteiger partial charge in [-0.05, 0) is 24.1 Å². The number of aliphatic hydroxyl groups is 1. The molecule has 0 fully saturated rings. The van der Waals surface area contributed by atoms with E-state index in [1.165, 1.54) is 12.8 Å². The molecule has 1 heterocycles. The number of unbranched alkanes of at least 4 members (excludes halogenated alkanes) is 2. The van der Waals surface area contributed by atoms with E-state index in [-0.39, 0.29) is 6.61 Å². The first-order valence-electron chi connectivity index (χ1n) is 7.01. The Labute approximate surface area is 124 Å². The summed E-state index contributed by atoms with van der Waals surface area (Å²) in [5.41, 5.74) is 2.80. The minimum absolute atomic E-state index is 0.0727. The Hall–Kier alpha value is -1.39. The quantitative estimate of drug-likeness (QED) is 0.798. The van der Waals surface area contributed by atoms with Crippen molar-refractivity contribution < 1.29 is 5.11 Å². The smallest absolute Gasteiger partial charge is 0.112 e. The van der Waals surface area contributed by atoms with Gasteiger partial charge >= 0.3 is 0 Å². The zero-order chi connectivity index (χ0) is 14.4. The molecule has 2 rings (SSSR count). The van der Waals surface area contributed by atoms with Crippen LogP contribution in [0, 0.1) is 0 Å². The highest BCUT2D eigenvalue weighted by Gasteiger charge is 2.12. The largest absolute Gasteiger partial charge is 0.390 e. The molecule has 1 N–H and O–H groups in total. The molecule has 0 aliphatic rings. The lowest BCUT2D eigenvalue weighted by Gasteiger charge is -2.07. The third kappa shape index (κ3) is 3.81. The Morgan fingerprint density at radius 2 is 1.95 bits per heavy atom. The van der Waals surface area contributed by atoms with Crippen molar-refractivity contribution in [2.75, 3.05) is 0 Å². The second kappa shape index (κ2) is 7.41. The van der Waals surface area contributed by atoms with Gasteiger partial charge in [0.2, 0.25) is 0 Å². The molecule has 0 bridgehead atoms. The first-order chi connectivity index (χ1) is 9.74. The van der Waals surface area contributed by atoms with Crippen molar-refractivity contribution in [2.45, 2.75) is 45.8 Å². The van der Waals surface area contributed by atoms with Crippen LogP contribution in [0.4, 0.5) is 0 Å². The summed E-state index contributed by atoms with van der Waals surface area (Å²) in [4.78, 5) is 0. The molecule has 0 aliphatic heterocycles. The van der Waals surface area contributed by atoms with Gasteiger partial charge in [-0.2, -0.15) is 0 Å². The third-order valence-corrected chi connectivity index (χ3v) is 3.58. The second-order valence-electron chi connectivity index (χ2n) is 4.87. The molecule has 0 unspecified atom stereocenters. The molecular weight excluding hydrogens is 274 g/mol. The fourth-order valence-electron chi connectivity index (χ4n) is 2.17. The number of aryl methyl sites for hydroxylation is 1. The summed E-state index contributed by atoms with van der Waals surface area (Å²) in [7, 11) is 0. The summed E-state index contributed by atoms with van der Waals surface area (Å²) in [5.74, 6) is 0. The van der Waals surface area contributed by atoms with Gasteiger partial charge in [0, 0.05) is 18.0 Å². The molecule has 0 saturated carbocycles. The monoisotopic (exact) mass is 293 g/mol. The van der Waals surface area contributed by atoms with E-state index >= 15 is 0 Å². The van der Waals surface area contributed by atoms with Gasteiger partial charge in [-0.25, -0.2) is 4.68 Å².